The number of hydrogen-bond donors (Lipinski definition) is 0. The van der Waals surface area contributed by atoms with Crippen LogP contribution in [-0.4, -0.2) is 0 Å². The molecule has 1 saturated carbocycles. The first-order valence-corrected chi connectivity index (χ1v) is 4.00. The van der Waals surface area contributed by atoms with Crippen LogP contribution in [0, 0.1) is 17.8 Å². The lowest BCUT2D eigenvalue weighted by Gasteiger charge is -2.07. The van der Waals surface area contributed by atoms with E-state index in [0.717, 1.165) is 17.8 Å². The maximum absolute atomic E-state index is 2.48. The molecule has 0 aromatic rings. The maximum Gasteiger partial charge on any atom is -0.0137 e. The summed E-state index contributed by atoms with van der Waals surface area (Å²) in [4.78, 5) is 0. The highest BCUT2D eigenvalue weighted by atomic mass is 14.5. The van der Waals surface area contributed by atoms with Crippen molar-refractivity contribution in [3.8, 4) is 0 Å². The summed E-state index contributed by atoms with van der Waals surface area (Å²) in [6.45, 7) is 4.68. The van der Waals surface area contributed by atoms with Crippen LogP contribution in [0.3, 0.4) is 0 Å². The molecule has 1 fully saturated rings. The molecular formula is C9H14. The fourth-order valence-electron chi connectivity index (χ4n) is 2.04. The van der Waals surface area contributed by atoms with E-state index in [2.05, 4.69) is 19.9 Å². The van der Waals surface area contributed by atoms with Crippen LogP contribution >= 0.6 is 0 Å². The van der Waals surface area contributed by atoms with Gasteiger partial charge in [-0.25, -0.2) is 0 Å². The van der Waals surface area contributed by atoms with E-state index in [1.54, 1.807) is 5.57 Å². The predicted molar refractivity (Wildman–Crippen MR) is 39.1 cm³/mol. The predicted octanol–water partition coefficient (Wildman–Crippen LogP) is 2.61. The molecular weight excluding hydrogens is 108 g/mol. The van der Waals surface area contributed by atoms with Crippen molar-refractivity contribution in [2.45, 2.75) is 26.7 Å². The van der Waals surface area contributed by atoms with E-state index in [1.165, 1.54) is 12.8 Å². The van der Waals surface area contributed by atoms with Crippen LogP contribution in [0.2, 0.25) is 0 Å². The second-order valence-corrected chi connectivity index (χ2v) is 3.62. The number of allylic oxidation sites excluding steroid dienone is 2. The van der Waals surface area contributed by atoms with Crippen LogP contribution in [0.5, 0.6) is 0 Å². The number of hydrogen-bond acceptors (Lipinski definition) is 0. The van der Waals surface area contributed by atoms with E-state index in [0.29, 0.717) is 0 Å². The van der Waals surface area contributed by atoms with Crippen LogP contribution in [-0.2, 0) is 0 Å². The monoisotopic (exact) mass is 122 g/mol. The lowest BCUT2D eigenvalue weighted by atomic mass is 9.98. The smallest absolute Gasteiger partial charge is 0.0137 e. The van der Waals surface area contributed by atoms with Gasteiger partial charge in [0.2, 0.25) is 0 Å². The molecule has 0 heteroatoms. The summed E-state index contributed by atoms with van der Waals surface area (Å²) in [6.07, 6.45) is 5.38. The van der Waals surface area contributed by atoms with Crippen molar-refractivity contribution in [1.82, 2.24) is 0 Å². The Morgan fingerprint density at radius 1 is 1.33 bits per heavy atom. The van der Waals surface area contributed by atoms with Crippen molar-refractivity contribution in [1.29, 1.82) is 0 Å². The second kappa shape index (κ2) is 1.62. The maximum atomic E-state index is 2.48. The van der Waals surface area contributed by atoms with Crippen molar-refractivity contribution in [3.63, 3.8) is 0 Å². The molecule has 0 N–H and O–H groups in total. The molecule has 9 heavy (non-hydrogen) atoms. The van der Waals surface area contributed by atoms with Crippen molar-refractivity contribution in [2.75, 3.05) is 0 Å². The Bertz CT molecular complexity index is 155. The van der Waals surface area contributed by atoms with Gasteiger partial charge in [0.05, 0.1) is 0 Å². The fourth-order valence-corrected chi connectivity index (χ4v) is 2.04. The molecule has 2 aliphatic carbocycles. The molecule has 0 nitrogen and oxygen atoms in total. The molecule has 0 amide bonds. The van der Waals surface area contributed by atoms with Gasteiger partial charge in [-0.3, -0.25) is 0 Å². The van der Waals surface area contributed by atoms with E-state index < -0.39 is 0 Å². The minimum Gasteiger partial charge on any atom is -0.0819 e. The molecule has 50 valence electrons. The molecule has 0 bridgehead atoms. The Morgan fingerprint density at radius 2 is 2.11 bits per heavy atom. The molecule has 2 rings (SSSR count). The third kappa shape index (κ3) is 0.726. The van der Waals surface area contributed by atoms with Crippen LogP contribution < -0.4 is 0 Å². The zero-order valence-corrected chi connectivity index (χ0v) is 6.22. The van der Waals surface area contributed by atoms with Crippen LogP contribution in [0.1, 0.15) is 26.7 Å². The van der Waals surface area contributed by atoms with Gasteiger partial charge in [0.1, 0.15) is 0 Å². The van der Waals surface area contributed by atoms with Gasteiger partial charge in [-0.1, -0.05) is 25.5 Å². The zero-order chi connectivity index (χ0) is 6.43. The van der Waals surface area contributed by atoms with Crippen molar-refractivity contribution in [3.05, 3.63) is 11.6 Å². The van der Waals surface area contributed by atoms with E-state index in [9.17, 15) is 0 Å². The summed E-state index contributed by atoms with van der Waals surface area (Å²) >= 11 is 0. The minimum atomic E-state index is 0.876. The second-order valence-electron chi connectivity index (χ2n) is 3.62. The molecule has 0 aliphatic heterocycles. The standard InChI is InChI=1S/C9H14/c1-6-3-4-8-7(2)9(8)5-6/h5-8H,3-4H2,1-2H3. The van der Waals surface area contributed by atoms with Crippen LogP contribution in [0.15, 0.2) is 11.6 Å². The minimum absolute atomic E-state index is 0.876. The third-order valence-electron chi connectivity index (χ3n) is 2.86. The van der Waals surface area contributed by atoms with Gasteiger partial charge in [-0.2, -0.15) is 0 Å². The molecule has 0 radical (unpaired) electrons. The molecule has 0 heterocycles. The van der Waals surface area contributed by atoms with E-state index in [1.807, 2.05) is 0 Å². The third-order valence-corrected chi connectivity index (χ3v) is 2.86. The van der Waals surface area contributed by atoms with Crippen LogP contribution in [0.25, 0.3) is 0 Å². The first kappa shape index (κ1) is 5.52. The molecule has 3 atom stereocenters. The van der Waals surface area contributed by atoms with Gasteiger partial charge in [0.25, 0.3) is 0 Å². The summed E-state index contributed by atoms with van der Waals surface area (Å²) in [5.74, 6) is 2.84. The average Bonchev–Trinajstić information content (AvgIpc) is 2.43. The first-order valence-electron chi connectivity index (χ1n) is 4.00. The van der Waals surface area contributed by atoms with E-state index >= 15 is 0 Å². The molecule has 3 unspecified atom stereocenters. The molecule has 0 aromatic heterocycles. The Balaban J connectivity index is 2.17. The SMILES string of the molecule is CC1C=C2C(C)C2CC1. The van der Waals surface area contributed by atoms with Crippen molar-refractivity contribution >= 4 is 0 Å². The highest BCUT2D eigenvalue weighted by Gasteiger charge is 2.41. The average molecular weight is 122 g/mol. The van der Waals surface area contributed by atoms with Gasteiger partial charge in [-0.05, 0) is 30.6 Å². The largest absolute Gasteiger partial charge is 0.0819 e. The quantitative estimate of drug-likeness (QED) is 0.433. The van der Waals surface area contributed by atoms with Crippen molar-refractivity contribution < 1.29 is 0 Å². The van der Waals surface area contributed by atoms with E-state index in [-0.39, 0.29) is 0 Å². The summed E-state index contributed by atoms with van der Waals surface area (Å²) in [7, 11) is 0. The Hall–Kier alpha value is -0.260. The molecule has 0 spiro atoms. The molecule has 0 saturated heterocycles. The zero-order valence-electron chi connectivity index (χ0n) is 6.22. The number of fused-ring (bicyclic) bond motifs is 1. The van der Waals surface area contributed by atoms with E-state index in [4.69, 9.17) is 0 Å². The highest BCUT2D eigenvalue weighted by Crippen LogP contribution is 2.52. The van der Waals surface area contributed by atoms with Crippen molar-refractivity contribution in [2.24, 2.45) is 17.8 Å². The van der Waals surface area contributed by atoms with Gasteiger partial charge >= 0.3 is 0 Å². The fraction of sp³-hybridized carbons (Fsp3) is 0.778. The Labute approximate surface area is 57.0 Å². The first-order chi connectivity index (χ1) is 4.29. The van der Waals surface area contributed by atoms with Gasteiger partial charge < -0.3 is 0 Å². The Kier molecular flexibility index (Phi) is 0.992. The topological polar surface area (TPSA) is 0 Å². The molecule has 0 aromatic carbocycles. The van der Waals surface area contributed by atoms with Crippen LogP contribution in [0.4, 0.5) is 0 Å². The summed E-state index contributed by atoms with van der Waals surface area (Å²) in [5, 5.41) is 0. The lowest BCUT2D eigenvalue weighted by molar-refractivity contribution is 0.542. The van der Waals surface area contributed by atoms with Gasteiger partial charge in [0, 0.05) is 0 Å². The summed E-state index contributed by atoms with van der Waals surface area (Å²) in [5.41, 5.74) is 1.76. The Morgan fingerprint density at radius 3 is 2.67 bits per heavy atom. The summed E-state index contributed by atoms with van der Waals surface area (Å²) < 4.78 is 0. The normalized spacial score (nSPS) is 47.8. The number of rotatable bonds is 0. The summed E-state index contributed by atoms with van der Waals surface area (Å²) in [6, 6.07) is 0. The highest BCUT2D eigenvalue weighted by molar-refractivity contribution is 5.30. The lowest BCUT2D eigenvalue weighted by Crippen LogP contribution is -1.94. The van der Waals surface area contributed by atoms with Gasteiger partial charge in [0.15, 0.2) is 0 Å². The molecule has 2 aliphatic rings. The van der Waals surface area contributed by atoms with Gasteiger partial charge in [-0.15, -0.1) is 0 Å².